The van der Waals surface area contributed by atoms with Gasteiger partial charge in [-0.1, -0.05) is 0 Å². The second-order valence-electron chi connectivity index (χ2n) is 3.89. The molecule has 0 aliphatic heterocycles. The number of nitrogens with two attached hydrogens (primary N) is 1. The molecule has 3 N–H and O–H groups in total. The van der Waals surface area contributed by atoms with Gasteiger partial charge in [0, 0.05) is 5.69 Å². The molecule has 0 radical (unpaired) electrons. The first-order chi connectivity index (χ1) is 8.22. The summed E-state index contributed by atoms with van der Waals surface area (Å²) in [6.07, 6.45) is 1.61. The van der Waals surface area contributed by atoms with Gasteiger partial charge in [-0.25, -0.2) is 9.97 Å². The number of aromatic nitrogens is 4. The van der Waals surface area contributed by atoms with E-state index in [0.717, 1.165) is 16.9 Å². The fourth-order valence-corrected chi connectivity index (χ4v) is 1.65. The molecule has 0 aliphatic rings. The predicted molar refractivity (Wildman–Crippen MR) is 66.3 cm³/mol. The summed E-state index contributed by atoms with van der Waals surface area (Å²) in [5.41, 5.74) is 9.55. The third-order valence-electron chi connectivity index (χ3n) is 2.51. The minimum Gasteiger partial charge on any atom is -0.397 e. The van der Waals surface area contributed by atoms with Crippen LogP contribution in [0.25, 0.3) is 22.7 Å². The fraction of sp³-hybridized carbons (Fsp3) is 0.0833. The third-order valence-corrected chi connectivity index (χ3v) is 2.51. The topological polar surface area (TPSA) is 80.5 Å². The number of imidazole rings is 1. The molecule has 17 heavy (non-hydrogen) atoms. The van der Waals surface area contributed by atoms with Crippen molar-refractivity contribution < 1.29 is 0 Å². The van der Waals surface area contributed by atoms with E-state index in [1.54, 1.807) is 12.3 Å². The third kappa shape index (κ3) is 1.71. The molecule has 5 nitrogen and oxygen atoms in total. The summed E-state index contributed by atoms with van der Waals surface area (Å²) in [5.74, 6) is 0.707. The Kier molecular flexibility index (Phi) is 2.04. The normalized spacial score (nSPS) is 10.9. The largest absolute Gasteiger partial charge is 0.397 e. The number of anilines is 1. The molecule has 0 saturated carbocycles. The van der Waals surface area contributed by atoms with E-state index >= 15 is 0 Å². The lowest BCUT2D eigenvalue weighted by atomic mass is 10.3. The number of aromatic amines is 1. The van der Waals surface area contributed by atoms with Gasteiger partial charge < -0.3 is 10.7 Å². The van der Waals surface area contributed by atoms with E-state index in [0.29, 0.717) is 17.2 Å². The van der Waals surface area contributed by atoms with Crippen molar-refractivity contribution >= 4 is 16.9 Å². The number of H-pyrrole nitrogens is 1. The fourth-order valence-electron chi connectivity index (χ4n) is 1.65. The van der Waals surface area contributed by atoms with Crippen molar-refractivity contribution in [1.29, 1.82) is 0 Å². The van der Waals surface area contributed by atoms with Crippen LogP contribution < -0.4 is 5.73 Å². The molecule has 0 aliphatic carbocycles. The standard InChI is InChI=1S/C12H11N5/c1-7-2-4-10-12(15-7)17-11(16-10)9-5-3-8(13)6-14-9/h2-6H,13H2,1H3,(H,15,16,17). The van der Waals surface area contributed by atoms with Gasteiger partial charge in [-0.3, -0.25) is 4.98 Å². The van der Waals surface area contributed by atoms with Crippen molar-refractivity contribution in [3.8, 4) is 11.5 Å². The molecule has 0 spiro atoms. The quantitative estimate of drug-likeness (QED) is 0.663. The Bertz CT molecular complexity index is 669. The molecule has 0 amide bonds. The van der Waals surface area contributed by atoms with Crippen molar-refractivity contribution in [2.75, 3.05) is 5.73 Å². The molecule has 0 bridgehead atoms. The van der Waals surface area contributed by atoms with Crippen LogP contribution in [0.2, 0.25) is 0 Å². The number of aryl methyl sites for hydroxylation is 1. The van der Waals surface area contributed by atoms with Gasteiger partial charge in [-0.15, -0.1) is 0 Å². The Morgan fingerprint density at radius 2 is 2.00 bits per heavy atom. The van der Waals surface area contributed by atoms with Gasteiger partial charge >= 0.3 is 0 Å². The average Bonchev–Trinajstić information content (AvgIpc) is 2.72. The lowest BCUT2D eigenvalue weighted by Crippen LogP contribution is -1.89. The maximum atomic E-state index is 5.59. The summed E-state index contributed by atoms with van der Waals surface area (Å²) in [4.78, 5) is 16.1. The number of nitrogen functional groups attached to an aromatic ring is 1. The van der Waals surface area contributed by atoms with Crippen LogP contribution in [0.3, 0.4) is 0 Å². The second kappa shape index (κ2) is 3.55. The van der Waals surface area contributed by atoms with Crippen LogP contribution in [0.5, 0.6) is 0 Å². The van der Waals surface area contributed by atoms with Crippen LogP contribution in [0, 0.1) is 6.92 Å². The molecule has 3 aromatic heterocycles. The number of fused-ring (bicyclic) bond motifs is 1. The zero-order chi connectivity index (χ0) is 11.8. The molecule has 3 aromatic rings. The van der Waals surface area contributed by atoms with E-state index in [4.69, 9.17) is 5.73 Å². The van der Waals surface area contributed by atoms with Crippen LogP contribution >= 0.6 is 0 Å². The summed E-state index contributed by atoms with van der Waals surface area (Å²) in [5, 5.41) is 0. The van der Waals surface area contributed by atoms with E-state index in [1.807, 2.05) is 25.1 Å². The summed E-state index contributed by atoms with van der Waals surface area (Å²) in [6.45, 7) is 1.94. The summed E-state index contributed by atoms with van der Waals surface area (Å²) >= 11 is 0. The molecular weight excluding hydrogens is 214 g/mol. The first-order valence-electron chi connectivity index (χ1n) is 5.27. The molecule has 0 aromatic carbocycles. The van der Waals surface area contributed by atoms with Gasteiger partial charge in [0.25, 0.3) is 0 Å². The minimum atomic E-state index is 0.638. The Morgan fingerprint density at radius 1 is 1.12 bits per heavy atom. The first-order valence-corrected chi connectivity index (χ1v) is 5.27. The van der Waals surface area contributed by atoms with Crippen molar-refractivity contribution in [3.05, 3.63) is 36.2 Å². The Balaban J connectivity index is 2.14. The van der Waals surface area contributed by atoms with Gasteiger partial charge in [0.15, 0.2) is 11.5 Å². The van der Waals surface area contributed by atoms with Crippen molar-refractivity contribution in [2.24, 2.45) is 0 Å². The monoisotopic (exact) mass is 225 g/mol. The molecule has 0 fully saturated rings. The number of nitrogens with one attached hydrogen (secondary N) is 1. The molecule has 0 saturated heterocycles. The molecule has 3 rings (SSSR count). The van der Waals surface area contributed by atoms with E-state index in [2.05, 4.69) is 19.9 Å². The number of rotatable bonds is 1. The summed E-state index contributed by atoms with van der Waals surface area (Å²) in [6, 6.07) is 7.54. The van der Waals surface area contributed by atoms with Gasteiger partial charge in [0.05, 0.1) is 17.4 Å². The summed E-state index contributed by atoms with van der Waals surface area (Å²) < 4.78 is 0. The smallest absolute Gasteiger partial charge is 0.178 e. The number of pyridine rings is 2. The van der Waals surface area contributed by atoms with Crippen molar-refractivity contribution in [3.63, 3.8) is 0 Å². The molecule has 3 heterocycles. The molecular formula is C12H11N5. The number of nitrogens with zero attached hydrogens (tertiary/aromatic N) is 3. The molecule has 0 unspecified atom stereocenters. The Hall–Kier alpha value is -2.43. The molecule has 0 atom stereocenters. The van der Waals surface area contributed by atoms with Crippen molar-refractivity contribution in [1.82, 2.24) is 19.9 Å². The zero-order valence-corrected chi connectivity index (χ0v) is 9.31. The van der Waals surface area contributed by atoms with Gasteiger partial charge in [0.2, 0.25) is 0 Å². The first kappa shape index (κ1) is 9.77. The zero-order valence-electron chi connectivity index (χ0n) is 9.31. The number of hydrogen-bond donors (Lipinski definition) is 2. The second-order valence-corrected chi connectivity index (χ2v) is 3.89. The molecule has 84 valence electrons. The highest BCUT2D eigenvalue weighted by atomic mass is 15.0. The maximum Gasteiger partial charge on any atom is 0.178 e. The average molecular weight is 225 g/mol. The van der Waals surface area contributed by atoms with Gasteiger partial charge in [0.1, 0.15) is 5.69 Å². The highest BCUT2D eigenvalue weighted by Gasteiger charge is 2.06. The lowest BCUT2D eigenvalue weighted by Gasteiger charge is -1.95. The van der Waals surface area contributed by atoms with Crippen LogP contribution in [0.1, 0.15) is 5.69 Å². The van der Waals surface area contributed by atoms with Crippen LogP contribution in [0.15, 0.2) is 30.5 Å². The van der Waals surface area contributed by atoms with Gasteiger partial charge in [-0.05, 0) is 31.2 Å². The van der Waals surface area contributed by atoms with E-state index in [9.17, 15) is 0 Å². The Labute approximate surface area is 97.7 Å². The molecule has 5 heteroatoms. The summed E-state index contributed by atoms with van der Waals surface area (Å²) in [7, 11) is 0. The highest BCUT2D eigenvalue weighted by Crippen LogP contribution is 2.18. The van der Waals surface area contributed by atoms with Gasteiger partial charge in [-0.2, -0.15) is 0 Å². The SMILES string of the molecule is Cc1ccc2[nH]c(-c3ccc(N)cn3)nc2n1. The predicted octanol–water partition coefficient (Wildman–Crippen LogP) is 1.91. The van der Waals surface area contributed by atoms with E-state index in [1.165, 1.54) is 0 Å². The Morgan fingerprint density at radius 3 is 2.76 bits per heavy atom. The van der Waals surface area contributed by atoms with Crippen molar-refractivity contribution in [2.45, 2.75) is 6.92 Å². The van der Waals surface area contributed by atoms with E-state index in [-0.39, 0.29) is 0 Å². The van der Waals surface area contributed by atoms with Crippen LogP contribution in [-0.4, -0.2) is 19.9 Å². The van der Waals surface area contributed by atoms with Crippen LogP contribution in [-0.2, 0) is 0 Å². The van der Waals surface area contributed by atoms with E-state index < -0.39 is 0 Å². The minimum absolute atomic E-state index is 0.638. The van der Waals surface area contributed by atoms with Crippen LogP contribution in [0.4, 0.5) is 5.69 Å². The lowest BCUT2D eigenvalue weighted by molar-refractivity contribution is 1.21. The highest BCUT2D eigenvalue weighted by molar-refractivity contribution is 5.75. The number of hydrogen-bond acceptors (Lipinski definition) is 4. The maximum absolute atomic E-state index is 5.59.